The number of Topliss-reactive ketones (excluding diaryl/α,β-unsaturated/α-hetero) is 2. The van der Waals surface area contributed by atoms with Crippen LogP contribution in [-0.4, -0.2) is 37.2 Å². The summed E-state index contributed by atoms with van der Waals surface area (Å²) >= 11 is 0. The molecule has 0 saturated carbocycles. The van der Waals surface area contributed by atoms with Crippen LogP contribution in [0.2, 0.25) is 0 Å². The van der Waals surface area contributed by atoms with Crippen LogP contribution in [-0.2, 0) is 17.6 Å². The van der Waals surface area contributed by atoms with E-state index in [1.165, 1.54) is 0 Å². The van der Waals surface area contributed by atoms with Crippen molar-refractivity contribution < 1.29 is 9.59 Å². The average Bonchev–Trinajstić information content (AvgIpc) is 3.20. The summed E-state index contributed by atoms with van der Waals surface area (Å²) in [5.74, 6) is -1.52. The Labute approximate surface area is 125 Å². The van der Waals surface area contributed by atoms with Crippen molar-refractivity contribution in [1.82, 2.24) is 25.6 Å². The Morgan fingerprint density at radius 3 is 2.64 bits per heavy atom. The highest BCUT2D eigenvalue weighted by molar-refractivity contribution is 6.43. The molecule has 3 aromatic rings. The summed E-state index contributed by atoms with van der Waals surface area (Å²) in [5.41, 5.74) is 2.85. The predicted octanol–water partition coefficient (Wildman–Crippen LogP) is 1.11. The first-order chi connectivity index (χ1) is 10.7. The molecule has 7 heteroatoms. The number of rotatable bonds is 6. The largest absolute Gasteiger partial charge is 0.364 e. The summed E-state index contributed by atoms with van der Waals surface area (Å²) in [6.45, 7) is 0. The number of H-pyrrole nitrogens is 2. The number of hydrogen-bond donors (Lipinski definition) is 2. The number of tetrazole rings is 1. The van der Waals surface area contributed by atoms with E-state index in [1.807, 2.05) is 36.4 Å². The van der Waals surface area contributed by atoms with E-state index < -0.39 is 11.6 Å². The first-order valence-electron chi connectivity index (χ1n) is 6.74. The van der Waals surface area contributed by atoms with Gasteiger partial charge in [0.25, 0.3) is 5.78 Å². The van der Waals surface area contributed by atoms with E-state index in [2.05, 4.69) is 25.6 Å². The smallest absolute Gasteiger partial charge is 0.269 e. The molecule has 1 aromatic carbocycles. The minimum absolute atomic E-state index is 0.0114. The Hall–Kier alpha value is -3.09. The molecule has 0 radical (unpaired) electrons. The van der Waals surface area contributed by atoms with Gasteiger partial charge < -0.3 is 4.98 Å². The zero-order chi connectivity index (χ0) is 15.4. The van der Waals surface area contributed by atoms with Crippen molar-refractivity contribution in [2.45, 2.75) is 12.8 Å². The second-order valence-corrected chi connectivity index (χ2v) is 4.81. The molecule has 2 aromatic heterocycles. The third-order valence-electron chi connectivity index (χ3n) is 3.31. The lowest BCUT2D eigenvalue weighted by Crippen LogP contribution is -2.19. The van der Waals surface area contributed by atoms with Gasteiger partial charge in [-0.25, -0.2) is 0 Å². The molecular formula is C15H13N5O2. The quantitative estimate of drug-likeness (QED) is 0.523. The molecule has 110 valence electrons. The maximum atomic E-state index is 12.0. The molecule has 0 fully saturated rings. The fraction of sp³-hybridized carbons (Fsp3) is 0.133. The number of ketones is 2. The Morgan fingerprint density at radius 1 is 1.09 bits per heavy atom. The molecule has 0 aliphatic carbocycles. The molecular weight excluding hydrogens is 282 g/mol. The number of aromatic nitrogens is 5. The lowest BCUT2D eigenvalue weighted by molar-refractivity contribution is -0.114. The van der Waals surface area contributed by atoms with Crippen LogP contribution in [0.4, 0.5) is 0 Å². The SMILES string of the molecule is O=C(Cc1[nH]ccc1Cc1ccccc1)C(=O)c1nn[nH]n1. The van der Waals surface area contributed by atoms with Gasteiger partial charge in [0.15, 0.2) is 0 Å². The highest BCUT2D eigenvalue weighted by Crippen LogP contribution is 2.14. The van der Waals surface area contributed by atoms with Gasteiger partial charge in [0.1, 0.15) is 0 Å². The van der Waals surface area contributed by atoms with Crippen LogP contribution in [0.5, 0.6) is 0 Å². The van der Waals surface area contributed by atoms with E-state index in [-0.39, 0.29) is 12.2 Å². The van der Waals surface area contributed by atoms with Crippen LogP contribution < -0.4 is 0 Å². The molecule has 0 amide bonds. The summed E-state index contributed by atoms with van der Waals surface area (Å²) in [4.78, 5) is 26.9. The average molecular weight is 295 g/mol. The molecule has 0 aliphatic heterocycles. The van der Waals surface area contributed by atoms with Gasteiger partial charge in [0, 0.05) is 11.9 Å². The number of nitrogens with one attached hydrogen (secondary N) is 2. The lowest BCUT2D eigenvalue weighted by atomic mass is 10.0. The van der Waals surface area contributed by atoms with E-state index in [0.717, 1.165) is 16.8 Å². The summed E-state index contributed by atoms with van der Waals surface area (Å²) in [6, 6.07) is 11.8. The van der Waals surface area contributed by atoms with E-state index in [1.54, 1.807) is 6.20 Å². The summed E-state index contributed by atoms with van der Waals surface area (Å²) in [5, 5.41) is 12.5. The summed E-state index contributed by atoms with van der Waals surface area (Å²) in [7, 11) is 0. The number of aromatic amines is 2. The fourth-order valence-electron chi connectivity index (χ4n) is 2.21. The third-order valence-corrected chi connectivity index (χ3v) is 3.31. The zero-order valence-corrected chi connectivity index (χ0v) is 11.6. The van der Waals surface area contributed by atoms with Crippen molar-refractivity contribution >= 4 is 11.6 Å². The van der Waals surface area contributed by atoms with Crippen molar-refractivity contribution in [3.63, 3.8) is 0 Å². The standard InChI is InChI=1S/C15H13N5O2/c21-13(14(22)15-17-19-20-18-15)9-12-11(6-7-16-12)8-10-4-2-1-3-5-10/h1-7,16H,8-9H2,(H,17,18,19,20). The number of nitrogens with zero attached hydrogens (tertiary/aromatic N) is 3. The zero-order valence-electron chi connectivity index (χ0n) is 11.6. The highest BCUT2D eigenvalue weighted by Gasteiger charge is 2.22. The molecule has 2 heterocycles. The van der Waals surface area contributed by atoms with Crippen LogP contribution in [0.25, 0.3) is 0 Å². The maximum absolute atomic E-state index is 12.0. The van der Waals surface area contributed by atoms with Crippen molar-refractivity contribution in [2.24, 2.45) is 0 Å². The van der Waals surface area contributed by atoms with Crippen LogP contribution >= 0.6 is 0 Å². The van der Waals surface area contributed by atoms with Crippen LogP contribution in [0.1, 0.15) is 27.4 Å². The van der Waals surface area contributed by atoms with Gasteiger partial charge in [-0.3, -0.25) is 9.59 Å². The van der Waals surface area contributed by atoms with Gasteiger partial charge in [-0.2, -0.15) is 5.21 Å². The predicted molar refractivity (Wildman–Crippen MR) is 77.3 cm³/mol. The van der Waals surface area contributed by atoms with E-state index in [0.29, 0.717) is 6.42 Å². The van der Waals surface area contributed by atoms with Crippen LogP contribution in [0.15, 0.2) is 42.6 Å². The molecule has 0 saturated heterocycles. The van der Waals surface area contributed by atoms with Crippen LogP contribution in [0, 0.1) is 0 Å². The molecule has 0 spiro atoms. The van der Waals surface area contributed by atoms with E-state index in [9.17, 15) is 9.59 Å². The number of benzene rings is 1. The molecule has 0 unspecified atom stereocenters. The first-order valence-corrected chi connectivity index (χ1v) is 6.74. The van der Waals surface area contributed by atoms with Crippen molar-refractivity contribution in [3.8, 4) is 0 Å². The second-order valence-electron chi connectivity index (χ2n) is 4.81. The van der Waals surface area contributed by atoms with Crippen molar-refractivity contribution in [2.75, 3.05) is 0 Å². The topological polar surface area (TPSA) is 104 Å². The molecule has 0 bridgehead atoms. The van der Waals surface area contributed by atoms with Crippen LogP contribution in [0.3, 0.4) is 0 Å². The Balaban J connectivity index is 1.72. The lowest BCUT2D eigenvalue weighted by Gasteiger charge is -2.03. The van der Waals surface area contributed by atoms with Gasteiger partial charge in [0.2, 0.25) is 11.6 Å². The number of hydrogen-bond acceptors (Lipinski definition) is 5. The van der Waals surface area contributed by atoms with Gasteiger partial charge in [0.05, 0.1) is 6.42 Å². The Kier molecular flexibility index (Phi) is 3.86. The van der Waals surface area contributed by atoms with Crippen molar-refractivity contribution in [3.05, 3.63) is 65.2 Å². The van der Waals surface area contributed by atoms with Gasteiger partial charge >= 0.3 is 0 Å². The number of carbonyl (C=O) groups is 2. The molecule has 22 heavy (non-hydrogen) atoms. The minimum Gasteiger partial charge on any atom is -0.364 e. The summed E-state index contributed by atoms with van der Waals surface area (Å²) < 4.78 is 0. The Morgan fingerprint density at radius 2 is 1.91 bits per heavy atom. The van der Waals surface area contributed by atoms with Gasteiger partial charge in [-0.1, -0.05) is 30.3 Å². The van der Waals surface area contributed by atoms with Crippen molar-refractivity contribution in [1.29, 1.82) is 0 Å². The molecule has 3 rings (SSSR count). The monoisotopic (exact) mass is 295 g/mol. The molecule has 0 aliphatic rings. The van der Waals surface area contributed by atoms with Gasteiger partial charge in [-0.05, 0) is 28.8 Å². The molecule has 7 nitrogen and oxygen atoms in total. The third kappa shape index (κ3) is 2.98. The summed E-state index contributed by atoms with van der Waals surface area (Å²) in [6.07, 6.45) is 2.45. The Bertz CT molecular complexity index is 777. The highest BCUT2D eigenvalue weighted by atomic mass is 16.2. The van der Waals surface area contributed by atoms with E-state index >= 15 is 0 Å². The minimum atomic E-state index is -0.742. The number of carbonyl (C=O) groups excluding carboxylic acids is 2. The second kappa shape index (κ2) is 6.13. The fourth-order valence-corrected chi connectivity index (χ4v) is 2.21. The normalized spacial score (nSPS) is 10.5. The maximum Gasteiger partial charge on any atom is 0.269 e. The van der Waals surface area contributed by atoms with Gasteiger partial charge in [-0.15, -0.1) is 10.2 Å². The van der Waals surface area contributed by atoms with E-state index in [4.69, 9.17) is 0 Å². The molecule has 0 atom stereocenters. The molecule has 2 N–H and O–H groups in total. The first kappa shape index (κ1) is 13.9.